The van der Waals surface area contributed by atoms with E-state index in [0.29, 0.717) is 13.1 Å². The minimum atomic E-state index is -0.662. The molecule has 1 saturated heterocycles. The van der Waals surface area contributed by atoms with Crippen LogP contribution in [0.2, 0.25) is 0 Å². The Balaban J connectivity index is 2.63. The van der Waals surface area contributed by atoms with E-state index in [1.807, 2.05) is 0 Å². The molecule has 1 rings (SSSR count). The Bertz CT molecular complexity index is 367. The summed E-state index contributed by atoms with van der Waals surface area (Å²) in [4.78, 5) is 27.5. The van der Waals surface area contributed by atoms with E-state index in [1.165, 1.54) is 4.90 Å². The van der Waals surface area contributed by atoms with E-state index in [4.69, 9.17) is 0 Å². The number of rotatable bonds is 3. The van der Waals surface area contributed by atoms with Crippen LogP contribution in [0.1, 0.15) is 33.6 Å². The molecule has 0 saturated carbocycles. The molecule has 116 valence electrons. The fourth-order valence-corrected chi connectivity index (χ4v) is 2.17. The summed E-state index contributed by atoms with van der Waals surface area (Å²) < 4.78 is 0. The summed E-state index contributed by atoms with van der Waals surface area (Å²) in [6.45, 7) is 6.38. The van der Waals surface area contributed by atoms with Crippen LogP contribution in [0.25, 0.3) is 0 Å². The van der Waals surface area contributed by atoms with E-state index in [0.717, 1.165) is 12.8 Å². The highest BCUT2D eigenvalue weighted by molar-refractivity contribution is 5.81. The van der Waals surface area contributed by atoms with Crippen LogP contribution in [0, 0.1) is 5.92 Å². The van der Waals surface area contributed by atoms with Crippen molar-refractivity contribution in [3.63, 3.8) is 0 Å². The highest BCUT2D eigenvalue weighted by Gasteiger charge is 2.33. The zero-order valence-electron chi connectivity index (χ0n) is 13.1. The SMILES string of the molecule is CC(O)C(C)(C)NC(=O)C1CCCN(C(=O)N(C)C)C1. The molecule has 0 aromatic rings. The zero-order valence-corrected chi connectivity index (χ0v) is 13.1. The molecule has 1 aliphatic heterocycles. The zero-order chi connectivity index (χ0) is 15.5. The minimum absolute atomic E-state index is 0.0581. The summed E-state index contributed by atoms with van der Waals surface area (Å²) in [6, 6.07) is -0.0581. The van der Waals surface area contributed by atoms with Gasteiger partial charge in [0.05, 0.1) is 17.6 Å². The number of likely N-dealkylation sites (tertiary alicyclic amines) is 1. The van der Waals surface area contributed by atoms with E-state index < -0.39 is 11.6 Å². The Kier molecular flexibility index (Phi) is 5.39. The lowest BCUT2D eigenvalue weighted by molar-refractivity contribution is -0.129. The van der Waals surface area contributed by atoms with Crippen molar-refractivity contribution >= 4 is 11.9 Å². The molecule has 0 spiro atoms. The smallest absolute Gasteiger partial charge is 0.319 e. The minimum Gasteiger partial charge on any atom is -0.391 e. The topological polar surface area (TPSA) is 72.9 Å². The van der Waals surface area contributed by atoms with Gasteiger partial charge in [0.2, 0.25) is 5.91 Å². The summed E-state index contributed by atoms with van der Waals surface area (Å²) in [5.41, 5.74) is -0.662. The van der Waals surface area contributed by atoms with Crippen molar-refractivity contribution in [1.82, 2.24) is 15.1 Å². The molecular weight excluding hydrogens is 258 g/mol. The third kappa shape index (κ3) is 4.10. The van der Waals surface area contributed by atoms with E-state index in [-0.39, 0.29) is 17.9 Å². The summed E-state index contributed by atoms with van der Waals surface area (Å²) in [5.74, 6) is -0.294. The van der Waals surface area contributed by atoms with Crippen LogP contribution in [0.15, 0.2) is 0 Å². The quantitative estimate of drug-likeness (QED) is 0.800. The van der Waals surface area contributed by atoms with Crippen molar-refractivity contribution in [3.05, 3.63) is 0 Å². The molecule has 1 fully saturated rings. The molecule has 0 aliphatic carbocycles. The fourth-order valence-electron chi connectivity index (χ4n) is 2.17. The third-order valence-corrected chi connectivity index (χ3v) is 3.94. The highest BCUT2D eigenvalue weighted by atomic mass is 16.3. The van der Waals surface area contributed by atoms with Gasteiger partial charge in [-0.25, -0.2) is 4.79 Å². The molecule has 6 nitrogen and oxygen atoms in total. The first kappa shape index (κ1) is 16.8. The molecule has 0 aromatic heterocycles. The number of nitrogens with one attached hydrogen (secondary N) is 1. The van der Waals surface area contributed by atoms with Gasteiger partial charge >= 0.3 is 6.03 Å². The second kappa shape index (κ2) is 6.43. The Morgan fingerprint density at radius 2 is 2.00 bits per heavy atom. The summed E-state index contributed by atoms with van der Waals surface area (Å²) in [6.07, 6.45) is 0.973. The number of aliphatic hydroxyl groups is 1. The number of carbonyl (C=O) groups excluding carboxylic acids is 2. The van der Waals surface area contributed by atoms with Gasteiger partial charge in [0.1, 0.15) is 0 Å². The maximum Gasteiger partial charge on any atom is 0.319 e. The fraction of sp³-hybridized carbons (Fsp3) is 0.857. The van der Waals surface area contributed by atoms with Gasteiger partial charge < -0.3 is 20.2 Å². The predicted molar refractivity (Wildman–Crippen MR) is 77.3 cm³/mol. The number of amides is 3. The average Bonchev–Trinajstić information content (AvgIpc) is 2.37. The number of hydrogen-bond acceptors (Lipinski definition) is 3. The van der Waals surface area contributed by atoms with Gasteiger partial charge in [-0.05, 0) is 33.6 Å². The molecule has 3 amide bonds. The van der Waals surface area contributed by atoms with Crippen LogP contribution >= 0.6 is 0 Å². The normalized spacial score (nSPS) is 21.3. The standard InChI is InChI=1S/C14H27N3O3/c1-10(18)14(2,3)15-12(19)11-7-6-8-17(9-11)13(20)16(4)5/h10-11,18H,6-9H2,1-5H3,(H,15,19). The first-order chi connectivity index (χ1) is 9.15. The van der Waals surface area contributed by atoms with Crippen LogP contribution in [-0.4, -0.2) is 65.7 Å². The summed E-state index contributed by atoms with van der Waals surface area (Å²) >= 11 is 0. The van der Waals surface area contributed by atoms with Gasteiger partial charge in [0.15, 0.2) is 0 Å². The maximum absolute atomic E-state index is 12.3. The van der Waals surface area contributed by atoms with Crippen LogP contribution in [0.3, 0.4) is 0 Å². The average molecular weight is 285 g/mol. The van der Waals surface area contributed by atoms with Crippen molar-refractivity contribution < 1.29 is 14.7 Å². The van der Waals surface area contributed by atoms with Crippen molar-refractivity contribution in [3.8, 4) is 0 Å². The molecule has 0 bridgehead atoms. The lowest BCUT2D eigenvalue weighted by Crippen LogP contribution is -2.55. The van der Waals surface area contributed by atoms with Crippen LogP contribution in [0.5, 0.6) is 0 Å². The van der Waals surface area contributed by atoms with Crippen LogP contribution < -0.4 is 5.32 Å². The molecule has 0 radical (unpaired) electrons. The van der Waals surface area contributed by atoms with Crippen LogP contribution in [0.4, 0.5) is 4.79 Å². The Morgan fingerprint density at radius 1 is 1.40 bits per heavy atom. The molecule has 0 aromatic carbocycles. The molecule has 1 heterocycles. The lowest BCUT2D eigenvalue weighted by Gasteiger charge is -2.36. The van der Waals surface area contributed by atoms with Gasteiger partial charge in [-0.3, -0.25) is 4.79 Å². The molecule has 2 unspecified atom stereocenters. The van der Waals surface area contributed by atoms with Crippen molar-refractivity contribution in [2.24, 2.45) is 5.92 Å². The largest absolute Gasteiger partial charge is 0.391 e. The van der Waals surface area contributed by atoms with Gasteiger partial charge in [-0.1, -0.05) is 0 Å². The number of aliphatic hydroxyl groups excluding tert-OH is 1. The third-order valence-electron chi connectivity index (χ3n) is 3.94. The maximum atomic E-state index is 12.3. The Morgan fingerprint density at radius 3 is 2.50 bits per heavy atom. The van der Waals surface area contributed by atoms with E-state index in [9.17, 15) is 14.7 Å². The van der Waals surface area contributed by atoms with Crippen molar-refractivity contribution in [2.45, 2.75) is 45.3 Å². The lowest BCUT2D eigenvalue weighted by atomic mass is 9.93. The van der Waals surface area contributed by atoms with Gasteiger partial charge in [0, 0.05) is 27.2 Å². The molecule has 1 aliphatic rings. The van der Waals surface area contributed by atoms with Gasteiger partial charge in [0.25, 0.3) is 0 Å². The molecule has 20 heavy (non-hydrogen) atoms. The molecule has 2 atom stereocenters. The molecule has 6 heteroatoms. The molecular formula is C14H27N3O3. The molecule has 2 N–H and O–H groups in total. The highest BCUT2D eigenvalue weighted by Crippen LogP contribution is 2.19. The van der Waals surface area contributed by atoms with E-state index in [1.54, 1.807) is 39.8 Å². The number of urea groups is 1. The Labute approximate surface area is 121 Å². The number of carbonyl (C=O) groups is 2. The number of piperidine rings is 1. The van der Waals surface area contributed by atoms with Crippen molar-refractivity contribution in [2.75, 3.05) is 27.2 Å². The van der Waals surface area contributed by atoms with Gasteiger partial charge in [-0.15, -0.1) is 0 Å². The van der Waals surface area contributed by atoms with Crippen LogP contribution in [-0.2, 0) is 4.79 Å². The summed E-state index contributed by atoms with van der Waals surface area (Å²) in [5, 5.41) is 12.5. The first-order valence-electron chi connectivity index (χ1n) is 7.11. The number of nitrogens with zero attached hydrogens (tertiary/aromatic N) is 2. The Hall–Kier alpha value is -1.30. The number of hydrogen-bond donors (Lipinski definition) is 2. The second-order valence-electron chi connectivity index (χ2n) is 6.35. The predicted octanol–water partition coefficient (Wildman–Crippen LogP) is 0.656. The summed E-state index contributed by atoms with van der Waals surface area (Å²) in [7, 11) is 3.42. The monoisotopic (exact) mass is 285 g/mol. The first-order valence-corrected chi connectivity index (χ1v) is 7.11. The van der Waals surface area contributed by atoms with E-state index in [2.05, 4.69) is 5.32 Å². The second-order valence-corrected chi connectivity index (χ2v) is 6.35. The van der Waals surface area contributed by atoms with Gasteiger partial charge in [-0.2, -0.15) is 0 Å². The van der Waals surface area contributed by atoms with E-state index >= 15 is 0 Å². The van der Waals surface area contributed by atoms with Crippen molar-refractivity contribution in [1.29, 1.82) is 0 Å².